The van der Waals surface area contributed by atoms with E-state index in [0.717, 1.165) is 11.8 Å². The van der Waals surface area contributed by atoms with Gasteiger partial charge in [-0.25, -0.2) is 0 Å². The van der Waals surface area contributed by atoms with E-state index >= 15 is 0 Å². The van der Waals surface area contributed by atoms with Gasteiger partial charge in [-0.05, 0) is 0 Å². The maximum Gasteiger partial charge on any atom is 0.121 e. The van der Waals surface area contributed by atoms with Crippen molar-refractivity contribution >= 4 is 11.8 Å². The molecule has 0 aromatic heterocycles. The minimum atomic E-state index is -1.03. The van der Waals surface area contributed by atoms with Crippen LogP contribution in [-0.4, -0.2) is 44.6 Å². The molecule has 1 saturated heterocycles. The van der Waals surface area contributed by atoms with Crippen LogP contribution >= 0.6 is 11.8 Å². The summed E-state index contributed by atoms with van der Waals surface area (Å²) in [5.74, 6) is 0. The molecule has 11 heavy (non-hydrogen) atoms. The van der Waals surface area contributed by atoms with Gasteiger partial charge in [-0.15, -0.1) is 11.8 Å². The van der Waals surface area contributed by atoms with Gasteiger partial charge in [0.25, 0.3) is 0 Å². The van der Waals surface area contributed by atoms with Gasteiger partial charge in [-0.3, -0.25) is 0 Å². The van der Waals surface area contributed by atoms with E-state index < -0.39 is 22.7 Å². The molecule has 0 amide bonds. The van der Waals surface area contributed by atoms with E-state index in [1.54, 1.807) is 0 Å². The predicted octanol–water partition coefficient (Wildman–Crippen LogP) is -1.29. The Morgan fingerprint density at radius 1 is 1.36 bits per heavy atom. The van der Waals surface area contributed by atoms with E-state index in [0.29, 0.717) is 0 Å². The number of hydrogen-bond acceptors (Lipinski definition) is 5. The fourth-order valence-electron chi connectivity index (χ4n) is 1.01. The largest absolute Gasteiger partial charge is 0.395 e. The van der Waals surface area contributed by atoms with Crippen molar-refractivity contribution in [2.75, 3.05) is 6.61 Å². The van der Waals surface area contributed by atoms with Crippen molar-refractivity contribution in [3.05, 3.63) is 0 Å². The van der Waals surface area contributed by atoms with Crippen molar-refractivity contribution in [1.82, 2.24) is 0 Å². The first kappa shape index (κ1) is 8.81. The highest BCUT2D eigenvalue weighted by Gasteiger charge is 2.41. The van der Waals surface area contributed by atoms with Crippen molar-refractivity contribution in [2.24, 2.45) is 0 Å². The summed E-state index contributed by atoms with van der Waals surface area (Å²) in [5, 5.41) is 34.4. The first-order valence-electron chi connectivity index (χ1n) is 3.22. The van der Waals surface area contributed by atoms with Crippen LogP contribution in [0.2, 0.25) is 0 Å². The minimum absolute atomic E-state index is 0.207. The number of nitriles is 1. The zero-order valence-electron chi connectivity index (χ0n) is 5.71. The van der Waals surface area contributed by atoms with Crippen LogP contribution in [0, 0.1) is 11.3 Å². The average Bonchev–Trinajstić information content (AvgIpc) is 2.30. The Morgan fingerprint density at radius 3 is 2.27 bits per heavy atom. The maximum absolute atomic E-state index is 9.18. The predicted molar refractivity (Wildman–Crippen MR) is 39.9 cm³/mol. The normalized spacial score (nSPS) is 43.8. The van der Waals surface area contributed by atoms with Gasteiger partial charge < -0.3 is 15.3 Å². The molecule has 4 nitrogen and oxygen atoms in total. The molecular formula is C6H9NO3S. The molecule has 1 rings (SSSR count). The highest BCUT2D eigenvalue weighted by Crippen LogP contribution is 2.33. The first-order chi connectivity index (χ1) is 5.20. The number of aliphatic hydroxyl groups excluding tert-OH is 3. The first-order valence-corrected chi connectivity index (χ1v) is 4.17. The van der Waals surface area contributed by atoms with Gasteiger partial charge >= 0.3 is 0 Å². The van der Waals surface area contributed by atoms with Gasteiger partial charge in [-0.1, -0.05) is 0 Å². The van der Waals surface area contributed by atoms with Gasteiger partial charge in [0.1, 0.15) is 11.4 Å². The smallest absolute Gasteiger partial charge is 0.121 e. The third-order valence-corrected chi connectivity index (χ3v) is 3.12. The van der Waals surface area contributed by atoms with Crippen molar-refractivity contribution < 1.29 is 15.3 Å². The molecule has 0 bridgehead atoms. The number of thioether (sulfide) groups is 1. The number of nitrogens with zero attached hydrogens (tertiary/aromatic N) is 1. The van der Waals surface area contributed by atoms with E-state index in [9.17, 15) is 5.11 Å². The highest BCUT2D eigenvalue weighted by molar-refractivity contribution is 8.01. The lowest BCUT2D eigenvalue weighted by Gasteiger charge is -2.11. The lowest BCUT2D eigenvalue weighted by molar-refractivity contribution is 0.0258. The van der Waals surface area contributed by atoms with Crippen LogP contribution in [0.4, 0.5) is 0 Å². The second kappa shape index (κ2) is 3.41. The van der Waals surface area contributed by atoms with Crippen molar-refractivity contribution in [3.63, 3.8) is 0 Å². The molecule has 0 saturated carbocycles. The van der Waals surface area contributed by atoms with Crippen molar-refractivity contribution in [1.29, 1.82) is 5.26 Å². The fraction of sp³-hybridized carbons (Fsp3) is 0.833. The molecule has 1 aliphatic rings. The summed E-state index contributed by atoms with van der Waals surface area (Å²) in [6.07, 6.45) is -2.00. The summed E-state index contributed by atoms with van der Waals surface area (Å²) in [4.78, 5) is 0. The molecule has 0 aromatic rings. The lowest BCUT2D eigenvalue weighted by atomic mass is 10.1. The quantitative estimate of drug-likeness (QED) is 0.461. The molecular weight excluding hydrogens is 166 g/mol. The molecule has 5 heteroatoms. The minimum Gasteiger partial charge on any atom is -0.395 e. The number of aliphatic hydroxyl groups is 3. The second-order valence-corrected chi connectivity index (χ2v) is 3.77. The van der Waals surface area contributed by atoms with Crippen molar-refractivity contribution in [2.45, 2.75) is 22.7 Å². The molecule has 1 aliphatic heterocycles. The van der Waals surface area contributed by atoms with Gasteiger partial charge in [0, 0.05) is 0 Å². The molecule has 0 spiro atoms. The van der Waals surface area contributed by atoms with E-state index in [4.69, 9.17) is 15.5 Å². The molecule has 0 unspecified atom stereocenters. The molecule has 0 aliphatic carbocycles. The van der Waals surface area contributed by atoms with Crippen LogP contribution < -0.4 is 0 Å². The van der Waals surface area contributed by atoms with Crippen LogP contribution in [0.5, 0.6) is 0 Å². The SMILES string of the molecule is N#C[C@@H]1S[C@H](CO)[C@@H](O)[C@H]1O. The fourth-order valence-corrected chi connectivity index (χ4v) is 2.17. The Labute approximate surface area is 68.5 Å². The Balaban J connectivity index is 2.62. The Bertz CT molecular complexity index is 181. The summed E-state index contributed by atoms with van der Waals surface area (Å²) in [5.41, 5.74) is 0. The Kier molecular flexibility index (Phi) is 2.73. The molecule has 62 valence electrons. The second-order valence-electron chi connectivity index (χ2n) is 2.39. The third-order valence-electron chi connectivity index (χ3n) is 1.67. The summed E-state index contributed by atoms with van der Waals surface area (Å²) in [7, 11) is 0. The van der Waals surface area contributed by atoms with Crippen LogP contribution in [0.25, 0.3) is 0 Å². The zero-order chi connectivity index (χ0) is 8.43. The maximum atomic E-state index is 9.18. The highest BCUT2D eigenvalue weighted by atomic mass is 32.2. The number of rotatable bonds is 1. The van der Waals surface area contributed by atoms with Gasteiger partial charge in [-0.2, -0.15) is 5.26 Å². The summed E-state index contributed by atoms with van der Waals surface area (Å²) in [6.45, 7) is -0.207. The van der Waals surface area contributed by atoms with E-state index in [2.05, 4.69) is 0 Å². The van der Waals surface area contributed by atoms with Gasteiger partial charge in [0.05, 0.1) is 24.0 Å². The van der Waals surface area contributed by atoms with Crippen LogP contribution in [0.15, 0.2) is 0 Å². The standard InChI is InChI=1S/C6H9NO3S/c7-1-3-5(9)6(10)4(2-8)11-3/h3-6,8-10H,2H2/t3-,4+,5-,6+/m0/s1. The third kappa shape index (κ3) is 1.49. The van der Waals surface area contributed by atoms with E-state index in [-0.39, 0.29) is 6.61 Å². The average molecular weight is 175 g/mol. The monoisotopic (exact) mass is 175 g/mol. The summed E-state index contributed by atoms with van der Waals surface area (Å²) < 4.78 is 0. The van der Waals surface area contributed by atoms with Crippen LogP contribution in [-0.2, 0) is 0 Å². The van der Waals surface area contributed by atoms with Crippen LogP contribution in [0.1, 0.15) is 0 Å². The molecule has 4 atom stereocenters. The molecule has 0 radical (unpaired) electrons. The molecule has 1 fully saturated rings. The molecule has 0 aromatic carbocycles. The Hall–Kier alpha value is -0.280. The summed E-state index contributed by atoms with van der Waals surface area (Å²) in [6, 6.07) is 1.85. The van der Waals surface area contributed by atoms with E-state index in [1.165, 1.54) is 0 Å². The molecule has 3 N–H and O–H groups in total. The zero-order valence-corrected chi connectivity index (χ0v) is 6.53. The molecule has 1 heterocycles. The van der Waals surface area contributed by atoms with Crippen molar-refractivity contribution in [3.8, 4) is 6.07 Å². The Morgan fingerprint density at radius 2 is 2.00 bits per heavy atom. The van der Waals surface area contributed by atoms with E-state index in [1.807, 2.05) is 6.07 Å². The topological polar surface area (TPSA) is 84.5 Å². The lowest BCUT2D eigenvalue weighted by Crippen LogP contribution is -2.33. The van der Waals surface area contributed by atoms with Crippen LogP contribution in [0.3, 0.4) is 0 Å². The summed E-state index contributed by atoms with van der Waals surface area (Å²) >= 11 is 1.12. The van der Waals surface area contributed by atoms with Gasteiger partial charge in [0.2, 0.25) is 0 Å². The number of hydrogen-bond donors (Lipinski definition) is 3. The van der Waals surface area contributed by atoms with Gasteiger partial charge in [0.15, 0.2) is 0 Å².